The van der Waals surface area contributed by atoms with E-state index in [0.29, 0.717) is 11.9 Å². The fourth-order valence-corrected chi connectivity index (χ4v) is 3.70. The SMILES string of the molecule is CSc1ncc2c(n1)CCN(Cc1c[nH]c3cccc([N+](=O)[O-])c13)C2. The molecule has 1 N–H and O–H groups in total. The summed E-state index contributed by atoms with van der Waals surface area (Å²) < 4.78 is 0. The van der Waals surface area contributed by atoms with Gasteiger partial charge < -0.3 is 4.98 Å². The number of nitrogens with zero attached hydrogens (tertiary/aromatic N) is 4. The molecule has 1 aliphatic heterocycles. The van der Waals surface area contributed by atoms with E-state index in [1.165, 1.54) is 0 Å². The molecule has 4 rings (SSSR count). The van der Waals surface area contributed by atoms with E-state index < -0.39 is 0 Å². The molecule has 0 amide bonds. The van der Waals surface area contributed by atoms with Gasteiger partial charge in [0.2, 0.25) is 0 Å². The number of H-pyrrole nitrogens is 1. The Balaban J connectivity index is 1.61. The maximum Gasteiger partial charge on any atom is 0.279 e. The Bertz CT molecular complexity index is 955. The second kappa shape index (κ2) is 6.45. The highest BCUT2D eigenvalue weighted by atomic mass is 32.2. The maximum atomic E-state index is 11.3. The van der Waals surface area contributed by atoms with Crippen LogP contribution in [0, 0.1) is 10.1 Å². The lowest BCUT2D eigenvalue weighted by Crippen LogP contribution is -2.30. The van der Waals surface area contributed by atoms with E-state index in [1.807, 2.05) is 24.7 Å². The number of hydrogen-bond donors (Lipinski definition) is 1. The third-order valence-electron chi connectivity index (χ3n) is 4.53. The molecule has 2 aromatic heterocycles. The van der Waals surface area contributed by atoms with Gasteiger partial charge in [0, 0.05) is 50.1 Å². The van der Waals surface area contributed by atoms with Crippen molar-refractivity contribution in [3.63, 3.8) is 0 Å². The number of thioether (sulfide) groups is 1. The molecular formula is C17H17N5O2S. The molecule has 1 aromatic carbocycles. The number of benzene rings is 1. The molecule has 0 saturated heterocycles. The Morgan fingerprint density at radius 2 is 2.32 bits per heavy atom. The normalized spacial score (nSPS) is 14.6. The highest BCUT2D eigenvalue weighted by Crippen LogP contribution is 2.30. The van der Waals surface area contributed by atoms with Gasteiger partial charge in [0.15, 0.2) is 5.16 Å². The Hall–Kier alpha value is -2.45. The standard InChI is InChI=1S/C17H17N5O2S/c1-25-17-19-7-11-9-21(6-5-13(11)20-17)10-12-8-18-14-3-2-4-15(16(12)14)22(23)24/h2-4,7-8,18H,5-6,9-10H2,1H3. The predicted octanol–water partition coefficient (Wildman–Crippen LogP) is 3.15. The van der Waals surface area contributed by atoms with Gasteiger partial charge in [0.05, 0.1) is 21.5 Å². The van der Waals surface area contributed by atoms with Gasteiger partial charge in [-0.3, -0.25) is 15.0 Å². The van der Waals surface area contributed by atoms with Crippen LogP contribution in [0.25, 0.3) is 10.9 Å². The number of hydrogen-bond acceptors (Lipinski definition) is 6. The highest BCUT2D eigenvalue weighted by Gasteiger charge is 2.22. The summed E-state index contributed by atoms with van der Waals surface area (Å²) in [6.45, 7) is 2.30. The zero-order chi connectivity index (χ0) is 17.4. The van der Waals surface area contributed by atoms with Gasteiger partial charge in [0.1, 0.15) is 0 Å². The van der Waals surface area contributed by atoms with Gasteiger partial charge in [0.25, 0.3) is 5.69 Å². The van der Waals surface area contributed by atoms with E-state index in [0.717, 1.165) is 47.0 Å². The Kier molecular flexibility index (Phi) is 4.14. The quantitative estimate of drug-likeness (QED) is 0.335. The molecule has 0 unspecified atom stereocenters. The molecule has 0 radical (unpaired) electrons. The molecule has 0 atom stereocenters. The van der Waals surface area contributed by atoms with Crippen LogP contribution >= 0.6 is 11.8 Å². The van der Waals surface area contributed by atoms with Crippen LogP contribution in [0.1, 0.15) is 16.8 Å². The molecule has 3 heterocycles. The molecule has 0 saturated carbocycles. The Morgan fingerprint density at radius 1 is 1.44 bits per heavy atom. The van der Waals surface area contributed by atoms with Crippen LogP contribution in [0.3, 0.4) is 0 Å². The van der Waals surface area contributed by atoms with Crippen LogP contribution in [0.4, 0.5) is 5.69 Å². The monoisotopic (exact) mass is 355 g/mol. The minimum atomic E-state index is -0.317. The van der Waals surface area contributed by atoms with Crippen molar-refractivity contribution in [2.24, 2.45) is 0 Å². The van der Waals surface area contributed by atoms with Gasteiger partial charge in [-0.15, -0.1) is 0 Å². The number of nitrogens with one attached hydrogen (secondary N) is 1. The molecule has 0 spiro atoms. The largest absolute Gasteiger partial charge is 0.361 e. The van der Waals surface area contributed by atoms with Crippen LogP contribution < -0.4 is 0 Å². The average Bonchev–Trinajstić information content (AvgIpc) is 3.04. The third-order valence-corrected chi connectivity index (χ3v) is 5.09. The van der Waals surface area contributed by atoms with Gasteiger partial charge in [-0.1, -0.05) is 17.8 Å². The first-order valence-corrected chi connectivity index (χ1v) is 9.22. The summed E-state index contributed by atoms with van der Waals surface area (Å²) in [5, 5.41) is 12.8. The number of nitro benzene ring substituents is 1. The molecule has 3 aromatic rings. The molecule has 1 aliphatic rings. The second-order valence-corrected chi connectivity index (χ2v) is 6.83. The summed E-state index contributed by atoms with van der Waals surface area (Å²) in [5.41, 5.74) is 4.15. The minimum Gasteiger partial charge on any atom is -0.361 e. The zero-order valence-electron chi connectivity index (χ0n) is 13.7. The summed E-state index contributed by atoms with van der Waals surface area (Å²) in [5.74, 6) is 0. The first kappa shape index (κ1) is 16.0. The fourth-order valence-electron chi connectivity index (χ4n) is 3.34. The number of non-ortho nitro benzene ring substituents is 1. The lowest BCUT2D eigenvalue weighted by Gasteiger charge is -2.27. The first-order chi connectivity index (χ1) is 12.2. The highest BCUT2D eigenvalue weighted by molar-refractivity contribution is 7.98. The van der Waals surface area contributed by atoms with E-state index in [2.05, 4.69) is 19.9 Å². The fraction of sp³-hybridized carbons (Fsp3) is 0.294. The lowest BCUT2D eigenvalue weighted by atomic mass is 10.1. The summed E-state index contributed by atoms with van der Waals surface area (Å²) >= 11 is 1.55. The minimum absolute atomic E-state index is 0.152. The molecule has 25 heavy (non-hydrogen) atoms. The number of fused-ring (bicyclic) bond motifs is 2. The van der Waals surface area contributed by atoms with E-state index in [4.69, 9.17) is 0 Å². The van der Waals surface area contributed by atoms with Crippen molar-refractivity contribution >= 4 is 28.4 Å². The summed E-state index contributed by atoms with van der Waals surface area (Å²) in [6.07, 6.45) is 6.62. The van der Waals surface area contributed by atoms with E-state index in [1.54, 1.807) is 23.9 Å². The molecule has 0 bridgehead atoms. The maximum absolute atomic E-state index is 11.3. The Labute approximate surface area is 148 Å². The predicted molar refractivity (Wildman–Crippen MR) is 96.6 cm³/mol. The van der Waals surface area contributed by atoms with Crippen LogP contribution in [0.15, 0.2) is 35.7 Å². The smallest absolute Gasteiger partial charge is 0.279 e. The van der Waals surface area contributed by atoms with Crippen molar-refractivity contribution in [3.8, 4) is 0 Å². The summed E-state index contributed by atoms with van der Waals surface area (Å²) in [6, 6.07) is 5.14. The van der Waals surface area contributed by atoms with Crippen molar-refractivity contribution in [2.45, 2.75) is 24.7 Å². The molecule has 0 aliphatic carbocycles. The lowest BCUT2D eigenvalue weighted by molar-refractivity contribution is -0.383. The number of nitro groups is 1. The van der Waals surface area contributed by atoms with Crippen molar-refractivity contribution in [1.29, 1.82) is 0 Å². The topological polar surface area (TPSA) is 88.0 Å². The molecule has 8 heteroatoms. The van der Waals surface area contributed by atoms with E-state index >= 15 is 0 Å². The van der Waals surface area contributed by atoms with Crippen molar-refractivity contribution in [3.05, 3.63) is 57.5 Å². The zero-order valence-corrected chi connectivity index (χ0v) is 14.5. The van der Waals surface area contributed by atoms with Crippen molar-refractivity contribution < 1.29 is 4.92 Å². The molecule has 0 fully saturated rings. The first-order valence-electron chi connectivity index (χ1n) is 8.00. The van der Waals surface area contributed by atoms with E-state index in [9.17, 15) is 10.1 Å². The third kappa shape index (κ3) is 2.98. The number of rotatable bonds is 4. The van der Waals surface area contributed by atoms with E-state index in [-0.39, 0.29) is 10.6 Å². The van der Waals surface area contributed by atoms with Crippen molar-refractivity contribution in [1.82, 2.24) is 19.9 Å². The van der Waals surface area contributed by atoms with Gasteiger partial charge in [-0.05, 0) is 17.9 Å². The van der Waals surface area contributed by atoms with Gasteiger partial charge in [-0.2, -0.15) is 0 Å². The van der Waals surface area contributed by atoms with Crippen LogP contribution in [-0.2, 0) is 19.5 Å². The van der Waals surface area contributed by atoms with Crippen LogP contribution in [0.2, 0.25) is 0 Å². The van der Waals surface area contributed by atoms with Gasteiger partial charge in [-0.25, -0.2) is 9.97 Å². The summed E-state index contributed by atoms with van der Waals surface area (Å²) in [4.78, 5) is 25.4. The van der Waals surface area contributed by atoms with Gasteiger partial charge >= 0.3 is 0 Å². The summed E-state index contributed by atoms with van der Waals surface area (Å²) in [7, 11) is 0. The van der Waals surface area contributed by atoms with Crippen LogP contribution in [0.5, 0.6) is 0 Å². The second-order valence-electron chi connectivity index (χ2n) is 6.06. The molecular weight excluding hydrogens is 338 g/mol. The number of aromatic amines is 1. The Morgan fingerprint density at radius 3 is 3.12 bits per heavy atom. The molecule has 7 nitrogen and oxygen atoms in total. The van der Waals surface area contributed by atoms with Crippen molar-refractivity contribution in [2.75, 3.05) is 12.8 Å². The average molecular weight is 355 g/mol. The van der Waals surface area contributed by atoms with Crippen LogP contribution in [-0.4, -0.2) is 37.6 Å². The molecule has 128 valence electrons. The number of aromatic nitrogens is 3.